The summed E-state index contributed by atoms with van der Waals surface area (Å²) in [7, 11) is 1.27. The second kappa shape index (κ2) is 5.73. The van der Waals surface area contributed by atoms with E-state index in [0.29, 0.717) is 17.7 Å². The Hall–Kier alpha value is -2.37. The van der Waals surface area contributed by atoms with Crippen molar-refractivity contribution in [1.82, 2.24) is 9.78 Å². The number of hydrogen-bond donors (Lipinski definition) is 1. The summed E-state index contributed by atoms with van der Waals surface area (Å²) in [4.78, 5) is 11.6. The SMILES string of the molecule is CCc1c(N)c(C(=O)OC)nn1Cc1ccccc1F. The van der Waals surface area contributed by atoms with Gasteiger partial charge in [0.25, 0.3) is 0 Å². The van der Waals surface area contributed by atoms with E-state index in [0.717, 1.165) is 0 Å². The predicted octanol–water partition coefficient (Wildman–Crippen LogP) is 2.00. The highest BCUT2D eigenvalue weighted by atomic mass is 19.1. The van der Waals surface area contributed by atoms with Gasteiger partial charge in [0.05, 0.1) is 25.0 Å². The molecule has 1 aromatic heterocycles. The molecule has 2 aromatic rings. The van der Waals surface area contributed by atoms with Gasteiger partial charge in [-0.15, -0.1) is 0 Å². The number of esters is 1. The van der Waals surface area contributed by atoms with Crippen LogP contribution in [0.25, 0.3) is 0 Å². The number of nitrogen functional groups attached to an aromatic ring is 1. The molecule has 0 spiro atoms. The summed E-state index contributed by atoms with van der Waals surface area (Å²) >= 11 is 0. The monoisotopic (exact) mass is 277 g/mol. The van der Waals surface area contributed by atoms with Gasteiger partial charge < -0.3 is 10.5 Å². The zero-order valence-electron chi connectivity index (χ0n) is 11.4. The highest BCUT2D eigenvalue weighted by Crippen LogP contribution is 2.20. The van der Waals surface area contributed by atoms with Crippen LogP contribution in [0.3, 0.4) is 0 Å². The Kier molecular flexibility index (Phi) is 4.02. The number of aromatic nitrogens is 2. The lowest BCUT2D eigenvalue weighted by Crippen LogP contribution is -2.09. The van der Waals surface area contributed by atoms with Crippen LogP contribution in [0.1, 0.15) is 28.7 Å². The lowest BCUT2D eigenvalue weighted by atomic mass is 10.2. The number of nitrogens with zero attached hydrogens (tertiary/aromatic N) is 2. The van der Waals surface area contributed by atoms with Crippen LogP contribution in [0, 0.1) is 5.82 Å². The van der Waals surface area contributed by atoms with Gasteiger partial charge in [0.1, 0.15) is 5.82 Å². The first kappa shape index (κ1) is 14.0. The number of rotatable bonds is 4. The Bertz CT molecular complexity index is 637. The number of nitrogens with two attached hydrogens (primary N) is 1. The third-order valence-corrected chi connectivity index (χ3v) is 3.09. The summed E-state index contributed by atoms with van der Waals surface area (Å²) in [5, 5.41) is 4.14. The van der Waals surface area contributed by atoms with Gasteiger partial charge in [0.15, 0.2) is 5.69 Å². The van der Waals surface area contributed by atoms with Gasteiger partial charge in [-0.05, 0) is 12.5 Å². The van der Waals surface area contributed by atoms with Gasteiger partial charge in [0.2, 0.25) is 0 Å². The van der Waals surface area contributed by atoms with Crippen LogP contribution in [0.15, 0.2) is 24.3 Å². The van der Waals surface area contributed by atoms with E-state index < -0.39 is 5.97 Å². The minimum atomic E-state index is -0.593. The normalized spacial score (nSPS) is 10.6. The highest BCUT2D eigenvalue weighted by Gasteiger charge is 2.20. The van der Waals surface area contributed by atoms with E-state index in [-0.39, 0.29) is 23.7 Å². The second-order valence-electron chi connectivity index (χ2n) is 4.30. The van der Waals surface area contributed by atoms with Crippen LogP contribution in [0.2, 0.25) is 0 Å². The number of carbonyl (C=O) groups is 1. The fraction of sp³-hybridized carbons (Fsp3) is 0.286. The van der Waals surface area contributed by atoms with Crippen LogP contribution in [-0.2, 0) is 17.7 Å². The van der Waals surface area contributed by atoms with Crippen molar-refractivity contribution >= 4 is 11.7 Å². The van der Waals surface area contributed by atoms with Crippen molar-refractivity contribution in [2.24, 2.45) is 0 Å². The Balaban J connectivity index is 2.42. The number of halogens is 1. The molecular weight excluding hydrogens is 261 g/mol. The summed E-state index contributed by atoms with van der Waals surface area (Å²) < 4.78 is 19.9. The van der Waals surface area contributed by atoms with Gasteiger partial charge in [0, 0.05) is 5.56 Å². The Morgan fingerprint density at radius 1 is 1.45 bits per heavy atom. The molecule has 1 heterocycles. The zero-order valence-corrected chi connectivity index (χ0v) is 11.4. The van der Waals surface area contributed by atoms with Crippen LogP contribution >= 0.6 is 0 Å². The van der Waals surface area contributed by atoms with Gasteiger partial charge in [-0.3, -0.25) is 4.68 Å². The molecule has 106 valence electrons. The fourth-order valence-electron chi connectivity index (χ4n) is 2.05. The van der Waals surface area contributed by atoms with E-state index in [9.17, 15) is 9.18 Å². The molecule has 0 unspecified atom stereocenters. The lowest BCUT2D eigenvalue weighted by Gasteiger charge is -2.07. The van der Waals surface area contributed by atoms with Crippen molar-refractivity contribution in [2.75, 3.05) is 12.8 Å². The van der Waals surface area contributed by atoms with Crippen molar-refractivity contribution < 1.29 is 13.9 Å². The third-order valence-electron chi connectivity index (χ3n) is 3.09. The fourth-order valence-corrected chi connectivity index (χ4v) is 2.05. The number of anilines is 1. The topological polar surface area (TPSA) is 70.1 Å². The minimum absolute atomic E-state index is 0.0701. The number of benzene rings is 1. The second-order valence-corrected chi connectivity index (χ2v) is 4.30. The third kappa shape index (κ3) is 2.49. The summed E-state index contributed by atoms with van der Waals surface area (Å²) in [5.74, 6) is -0.910. The summed E-state index contributed by atoms with van der Waals surface area (Å²) in [5.41, 5.74) is 7.44. The zero-order chi connectivity index (χ0) is 14.7. The van der Waals surface area contributed by atoms with Crippen molar-refractivity contribution in [3.63, 3.8) is 0 Å². The largest absolute Gasteiger partial charge is 0.464 e. The first-order valence-electron chi connectivity index (χ1n) is 6.25. The summed E-state index contributed by atoms with van der Waals surface area (Å²) in [6, 6.07) is 6.43. The van der Waals surface area contributed by atoms with Crippen molar-refractivity contribution in [3.8, 4) is 0 Å². The first-order chi connectivity index (χ1) is 9.58. The predicted molar refractivity (Wildman–Crippen MR) is 72.9 cm³/mol. The molecule has 5 nitrogen and oxygen atoms in total. The molecule has 1 aromatic carbocycles. The number of methoxy groups -OCH3 is 1. The van der Waals surface area contributed by atoms with E-state index in [1.165, 1.54) is 13.2 Å². The molecule has 0 amide bonds. The van der Waals surface area contributed by atoms with E-state index in [1.807, 2.05) is 6.92 Å². The number of carbonyl (C=O) groups excluding carboxylic acids is 1. The molecule has 0 aliphatic carbocycles. The molecule has 0 atom stereocenters. The molecule has 2 rings (SSSR count). The highest BCUT2D eigenvalue weighted by molar-refractivity contribution is 5.93. The van der Waals surface area contributed by atoms with E-state index in [2.05, 4.69) is 9.84 Å². The van der Waals surface area contributed by atoms with Crippen molar-refractivity contribution in [2.45, 2.75) is 19.9 Å². The Labute approximate surface area is 116 Å². The molecule has 0 fully saturated rings. The average molecular weight is 277 g/mol. The minimum Gasteiger partial charge on any atom is -0.464 e. The van der Waals surface area contributed by atoms with Crippen LogP contribution in [-0.4, -0.2) is 22.9 Å². The maximum Gasteiger partial charge on any atom is 0.360 e. The summed E-state index contributed by atoms with van der Waals surface area (Å²) in [6.45, 7) is 2.11. The molecule has 0 bridgehead atoms. The Morgan fingerprint density at radius 2 is 2.15 bits per heavy atom. The van der Waals surface area contributed by atoms with E-state index in [4.69, 9.17) is 5.73 Å². The molecule has 6 heteroatoms. The number of hydrogen-bond acceptors (Lipinski definition) is 4. The molecular formula is C14H16FN3O2. The maximum absolute atomic E-state index is 13.7. The maximum atomic E-state index is 13.7. The van der Waals surface area contributed by atoms with Crippen LogP contribution in [0.4, 0.5) is 10.1 Å². The van der Waals surface area contributed by atoms with Gasteiger partial charge in [-0.25, -0.2) is 9.18 Å². The van der Waals surface area contributed by atoms with E-state index in [1.54, 1.807) is 22.9 Å². The quantitative estimate of drug-likeness (QED) is 0.868. The van der Waals surface area contributed by atoms with E-state index >= 15 is 0 Å². The number of ether oxygens (including phenoxy) is 1. The molecule has 20 heavy (non-hydrogen) atoms. The lowest BCUT2D eigenvalue weighted by molar-refractivity contribution is 0.0594. The van der Waals surface area contributed by atoms with Crippen molar-refractivity contribution in [1.29, 1.82) is 0 Å². The van der Waals surface area contributed by atoms with Gasteiger partial charge in [-0.2, -0.15) is 5.10 Å². The smallest absolute Gasteiger partial charge is 0.360 e. The molecule has 0 radical (unpaired) electrons. The molecule has 0 saturated heterocycles. The molecule has 0 aliphatic heterocycles. The van der Waals surface area contributed by atoms with Gasteiger partial charge >= 0.3 is 5.97 Å². The van der Waals surface area contributed by atoms with Crippen LogP contribution in [0.5, 0.6) is 0 Å². The molecule has 0 aliphatic rings. The molecule has 2 N–H and O–H groups in total. The molecule has 0 saturated carbocycles. The first-order valence-corrected chi connectivity index (χ1v) is 6.25. The van der Waals surface area contributed by atoms with Crippen molar-refractivity contribution in [3.05, 3.63) is 47.0 Å². The van der Waals surface area contributed by atoms with Crippen LogP contribution < -0.4 is 5.73 Å². The van der Waals surface area contributed by atoms with Gasteiger partial charge in [-0.1, -0.05) is 25.1 Å². The average Bonchev–Trinajstić information content (AvgIpc) is 2.76. The Morgan fingerprint density at radius 3 is 2.75 bits per heavy atom. The standard InChI is InChI=1S/C14H16FN3O2/c1-3-11-12(16)13(14(19)20-2)17-18(11)8-9-6-4-5-7-10(9)15/h4-7H,3,8,16H2,1-2H3. The summed E-state index contributed by atoms with van der Waals surface area (Å²) in [6.07, 6.45) is 0.588.